The standard InChI is InChI=1S/C5H2F3NO2S/c6-4-2-1-3(5(7)9-4)12(8,10)11/h1-2H. The third-order valence-electron chi connectivity index (χ3n) is 1.04. The van der Waals surface area contributed by atoms with Crippen molar-refractivity contribution in [3.05, 3.63) is 24.0 Å². The molecule has 0 aliphatic carbocycles. The molecule has 1 aromatic rings. The van der Waals surface area contributed by atoms with Gasteiger partial charge in [-0.2, -0.15) is 22.2 Å². The van der Waals surface area contributed by atoms with Gasteiger partial charge in [-0.05, 0) is 12.1 Å². The Balaban J connectivity index is 3.39. The lowest BCUT2D eigenvalue weighted by molar-refractivity contribution is 0.481. The third-order valence-corrected chi connectivity index (χ3v) is 1.87. The molecule has 0 amide bonds. The van der Waals surface area contributed by atoms with Gasteiger partial charge >= 0.3 is 10.2 Å². The topological polar surface area (TPSA) is 47.0 Å². The lowest BCUT2D eigenvalue weighted by atomic mass is 10.5. The zero-order chi connectivity index (χ0) is 9.35. The van der Waals surface area contributed by atoms with E-state index >= 15 is 0 Å². The minimum atomic E-state index is -5.15. The SMILES string of the molecule is O=S(=O)(F)c1ccc(F)nc1F. The molecule has 0 fully saturated rings. The van der Waals surface area contributed by atoms with Gasteiger partial charge in [-0.25, -0.2) is 0 Å². The van der Waals surface area contributed by atoms with E-state index in [1.54, 1.807) is 0 Å². The summed E-state index contributed by atoms with van der Waals surface area (Å²) in [7, 11) is -5.15. The number of halogens is 3. The maximum atomic E-state index is 12.4. The summed E-state index contributed by atoms with van der Waals surface area (Å²) in [5.41, 5.74) is 0. The van der Waals surface area contributed by atoms with Crippen LogP contribution in [0.15, 0.2) is 17.0 Å². The van der Waals surface area contributed by atoms with Gasteiger partial charge in [0.1, 0.15) is 0 Å². The van der Waals surface area contributed by atoms with E-state index in [-0.39, 0.29) is 0 Å². The monoisotopic (exact) mass is 197 g/mol. The predicted molar refractivity (Wildman–Crippen MR) is 32.4 cm³/mol. The average molecular weight is 197 g/mol. The van der Waals surface area contributed by atoms with Crippen LogP contribution in [0.5, 0.6) is 0 Å². The van der Waals surface area contributed by atoms with Crippen LogP contribution in [0.25, 0.3) is 0 Å². The first-order valence-electron chi connectivity index (χ1n) is 2.68. The van der Waals surface area contributed by atoms with Gasteiger partial charge in [0.15, 0.2) is 4.90 Å². The minimum absolute atomic E-state index is 0.465. The summed E-state index contributed by atoms with van der Waals surface area (Å²) in [5, 5.41) is 0. The molecule has 0 bridgehead atoms. The van der Waals surface area contributed by atoms with Gasteiger partial charge in [-0.1, -0.05) is 0 Å². The highest BCUT2D eigenvalue weighted by Crippen LogP contribution is 2.14. The van der Waals surface area contributed by atoms with Gasteiger partial charge in [0.2, 0.25) is 11.9 Å². The zero-order valence-electron chi connectivity index (χ0n) is 5.46. The Kier molecular flexibility index (Phi) is 2.05. The summed E-state index contributed by atoms with van der Waals surface area (Å²) in [4.78, 5) is 1.23. The van der Waals surface area contributed by atoms with Crippen LogP contribution in [0, 0.1) is 11.9 Å². The second kappa shape index (κ2) is 2.74. The Morgan fingerprint density at radius 1 is 1.25 bits per heavy atom. The van der Waals surface area contributed by atoms with E-state index in [0.29, 0.717) is 12.1 Å². The first kappa shape index (κ1) is 8.98. The number of pyridine rings is 1. The molecule has 0 atom stereocenters. The number of hydrogen-bond acceptors (Lipinski definition) is 3. The predicted octanol–water partition coefficient (Wildman–Crippen LogP) is 1.02. The summed E-state index contributed by atoms with van der Waals surface area (Å²) >= 11 is 0. The van der Waals surface area contributed by atoms with Crippen molar-refractivity contribution in [3.63, 3.8) is 0 Å². The molecule has 0 N–H and O–H groups in total. The van der Waals surface area contributed by atoms with E-state index < -0.39 is 27.0 Å². The highest BCUT2D eigenvalue weighted by atomic mass is 32.3. The molecule has 1 heterocycles. The van der Waals surface area contributed by atoms with Gasteiger partial charge in [0, 0.05) is 0 Å². The van der Waals surface area contributed by atoms with Crippen LogP contribution in [-0.2, 0) is 10.2 Å². The smallest absolute Gasteiger partial charge is 0.189 e. The van der Waals surface area contributed by atoms with Crippen LogP contribution >= 0.6 is 0 Å². The Bertz CT molecular complexity index is 403. The molecule has 0 spiro atoms. The van der Waals surface area contributed by atoms with Crippen molar-refractivity contribution in [1.29, 1.82) is 0 Å². The highest BCUT2D eigenvalue weighted by Gasteiger charge is 2.19. The number of rotatable bonds is 1. The Hall–Kier alpha value is -1.11. The van der Waals surface area contributed by atoms with Crippen LogP contribution in [0.1, 0.15) is 0 Å². The van der Waals surface area contributed by atoms with Crippen LogP contribution in [0.3, 0.4) is 0 Å². The van der Waals surface area contributed by atoms with Crippen molar-refractivity contribution in [2.45, 2.75) is 4.90 Å². The quantitative estimate of drug-likeness (QED) is 0.498. The van der Waals surface area contributed by atoms with Crippen molar-refractivity contribution in [3.8, 4) is 0 Å². The first-order chi connectivity index (χ1) is 5.41. The van der Waals surface area contributed by atoms with Gasteiger partial charge in [0.25, 0.3) is 0 Å². The second-order valence-corrected chi connectivity index (χ2v) is 3.18. The molecule has 7 heteroatoms. The molecule has 66 valence electrons. The van der Waals surface area contributed by atoms with Crippen molar-refractivity contribution in [2.24, 2.45) is 0 Å². The summed E-state index contributed by atoms with van der Waals surface area (Å²) in [6, 6.07) is 1.02. The van der Waals surface area contributed by atoms with E-state index in [0.717, 1.165) is 0 Å². The van der Waals surface area contributed by atoms with Gasteiger partial charge in [-0.15, -0.1) is 3.89 Å². The Morgan fingerprint density at radius 3 is 2.25 bits per heavy atom. The molecule has 0 unspecified atom stereocenters. The molecule has 0 aliphatic heterocycles. The van der Waals surface area contributed by atoms with Crippen LogP contribution in [0.2, 0.25) is 0 Å². The molecular weight excluding hydrogens is 195 g/mol. The van der Waals surface area contributed by atoms with E-state index in [2.05, 4.69) is 4.98 Å². The van der Waals surface area contributed by atoms with Crippen molar-refractivity contribution >= 4 is 10.2 Å². The fraction of sp³-hybridized carbons (Fsp3) is 0. The maximum Gasteiger partial charge on any atom is 0.336 e. The molecule has 1 aromatic heterocycles. The lowest BCUT2D eigenvalue weighted by Gasteiger charge is -1.94. The largest absolute Gasteiger partial charge is 0.336 e. The molecular formula is C5H2F3NO2S. The Labute approximate surface area is 66.1 Å². The number of aromatic nitrogens is 1. The molecule has 0 aliphatic rings. The van der Waals surface area contributed by atoms with E-state index in [4.69, 9.17) is 0 Å². The number of nitrogens with zero attached hydrogens (tertiary/aromatic N) is 1. The molecule has 0 saturated heterocycles. The molecule has 0 aromatic carbocycles. The third kappa shape index (κ3) is 1.73. The second-order valence-electron chi connectivity index (χ2n) is 1.86. The van der Waals surface area contributed by atoms with Crippen LogP contribution in [-0.4, -0.2) is 13.4 Å². The average Bonchev–Trinajstić information content (AvgIpc) is 1.83. The van der Waals surface area contributed by atoms with E-state index in [1.807, 2.05) is 0 Å². The summed E-state index contributed by atoms with van der Waals surface area (Å²) < 4.78 is 56.7. The van der Waals surface area contributed by atoms with Gasteiger partial charge in [-0.3, -0.25) is 0 Å². The van der Waals surface area contributed by atoms with E-state index in [1.165, 1.54) is 0 Å². The van der Waals surface area contributed by atoms with Gasteiger partial charge in [0.05, 0.1) is 0 Å². The summed E-state index contributed by atoms with van der Waals surface area (Å²) in [6.07, 6.45) is 0. The molecule has 0 saturated carbocycles. The molecule has 0 radical (unpaired) electrons. The molecule has 1 rings (SSSR count). The van der Waals surface area contributed by atoms with Crippen LogP contribution < -0.4 is 0 Å². The highest BCUT2D eigenvalue weighted by molar-refractivity contribution is 7.86. The van der Waals surface area contributed by atoms with Crippen molar-refractivity contribution in [2.75, 3.05) is 0 Å². The van der Waals surface area contributed by atoms with Crippen molar-refractivity contribution in [1.82, 2.24) is 4.98 Å². The fourth-order valence-corrected chi connectivity index (χ4v) is 1.06. The fourth-order valence-electron chi connectivity index (χ4n) is 0.581. The normalized spacial score (nSPS) is 11.6. The summed E-state index contributed by atoms with van der Waals surface area (Å²) in [6.45, 7) is 0. The Morgan fingerprint density at radius 2 is 1.83 bits per heavy atom. The van der Waals surface area contributed by atoms with E-state index in [9.17, 15) is 21.1 Å². The van der Waals surface area contributed by atoms with Gasteiger partial charge < -0.3 is 0 Å². The molecule has 3 nitrogen and oxygen atoms in total. The zero-order valence-corrected chi connectivity index (χ0v) is 6.28. The van der Waals surface area contributed by atoms with Crippen molar-refractivity contribution < 1.29 is 21.1 Å². The summed E-state index contributed by atoms with van der Waals surface area (Å²) in [5.74, 6) is -2.89. The van der Waals surface area contributed by atoms with Crippen LogP contribution in [0.4, 0.5) is 12.7 Å². The molecule has 12 heavy (non-hydrogen) atoms. The first-order valence-corrected chi connectivity index (χ1v) is 4.06. The maximum absolute atomic E-state index is 12.4. The lowest BCUT2D eigenvalue weighted by Crippen LogP contribution is -2.00. The number of hydrogen-bond donors (Lipinski definition) is 0. The minimum Gasteiger partial charge on any atom is -0.189 e.